The van der Waals surface area contributed by atoms with E-state index >= 15 is 0 Å². The third kappa shape index (κ3) is 3.40. The molecule has 0 amide bonds. The molecule has 3 heteroatoms. The van der Waals surface area contributed by atoms with Crippen molar-refractivity contribution in [2.75, 3.05) is 7.11 Å². The first-order valence-electron chi connectivity index (χ1n) is 6.21. The van der Waals surface area contributed by atoms with Gasteiger partial charge in [-0.15, -0.1) is 0 Å². The number of ether oxygens (including phenoxy) is 1. The van der Waals surface area contributed by atoms with Gasteiger partial charge in [0, 0.05) is 13.5 Å². The average molecular weight is 260 g/mol. The van der Waals surface area contributed by atoms with Crippen molar-refractivity contribution < 1.29 is 14.2 Å². The van der Waals surface area contributed by atoms with E-state index in [2.05, 4.69) is 0 Å². The molecule has 0 spiro atoms. The number of hydrogen-bond acceptors (Lipinski definition) is 2. The van der Waals surface area contributed by atoms with Gasteiger partial charge in [0.15, 0.2) is 0 Å². The van der Waals surface area contributed by atoms with Crippen LogP contribution in [0.5, 0.6) is 0 Å². The Morgan fingerprint density at radius 1 is 1.05 bits per heavy atom. The molecule has 0 aromatic heterocycles. The highest BCUT2D eigenvalue weighted by Gasteiger charge is 2.21. The highest BCUT2D eigenvalue weighted by molar-refractivity contribution is 5.22. The van der Waals surface area contributed by atoms with E-state index in [0.717, 1.165) is 5.56 Å². The van der Waals surface area contributed by atoms with Gasteiger partial charge in [-0.05, 0) is 17.2 Å². The number of aliphatic hydroxyl groups excluding tert-OH is 1. The van der Waals surface area contributed by atoms with Crippen molar-refractivity contribution in [1.82, 2.24) is 0 Å². The van der Waals surface area contributed by atoms with E-state index < -0.39 is 12.2 Å². The van der Waals surface area contributed by atoms with E-state index in [4.69, 9.17) is 4.74 Å². The fourth-order valence-corrected chi connectivity index (χ4v) is 2.15. The first kappa shape index (κ1) is 13.7. The van der Waals surface area contributed by atoms with Crippen LogP contribution in [0.15, 0.2) is 54.6 Å². The zero-order chi connectivity index (χ0) is 13.7. The van der Waals surface area contributed by atoms with Crippen LogP contribution in [0.3, 0.4) is 0 Å². The van der Waals surface area contributed by atoms with E-state index in [9.17, 15) is 9.50 Å². The second kappa shape index (κ2) is 6.45. The molecule has 2 nitrogen and oxygen atoms in total. The maximum absolute atomic E-state index is 13.6. The molecule has 2 atom stereocenters. The highest BCUT2D eigenvalue weighted by atomic mass is 19.1. The Morgan fingerprint density at radius 3 is 2.32 bits per heavy atom. The van der Waals surface area contributed by atoms with Gasteiger partial charge < -0.3 is 9.84 Å². The van der Waals surface area contributed by atoms with E-state index in [1.54, 1.807) is 25.3 Å². The molecular formula is C16H17FO2. The molecule has 0 radical (unpaired) electrons. The van der Waals surface area contributed by atoms with Gasteiger partial charge in [-0.2, -0.15) is 0 Å². The van der Waals surface area contributed by atoms with Gasteiger partial charge in [-0.1, -0.05) is 48.5 Å². The Labute approximate surface area is 112 Å². The summed E-state index contributed by atoms with van der Waals surface area (Å²) in [6.07, 6.45) is -1.02. The second-order valence-corrected chi connectivity index (χ2v) is 4.43. The summed E-state index contributed by atoms with van der Waals surface area (Å²) in [6.45, 7) is 0. The molecule has 0 bridgehead atoms. The molecule has 1 N–H and O–H groups in total. The molecular weight excluding hydrogens is 243 g/mol. The van der Waals surface area contributed by atoms with Gasteiger partial charge in [-0.25, -0.2) is 4.39 Å². The van der Waals surface area contributed by atoms with Crippen LogP contribution in [-0.2, 0) is 11.2 Å². The SMILES string of the molecule is COC(c1ccccc1)C(O)Cc1ccccc1F. The van der Waals surface area contributed by atoms with E-state index in [1.165, 1.54) is 6.07 Å². The zero-order valence-corrected chi connectivity index (χ0v) is 10.8. The Bertz CT molecular complexity index is 513. The third-order valence-electron chi connectivity index (χ3n) is 3.12. The second-order valence-electron chi connectivity index (χ2n) is 4.43. The fourth-order valence-electron chi connectivity index (χ4n) is 2.15. The van der Waals surface area contributed by atoms with Crippen LogP contribution >= 0.6 is 0 Å². The molecule has 2 rings (SSSR count). The monoisotopic (exact) mass is 260 g/mol. The summed E-state index contributed by atoms with van der Waals surface area (Å²) >= 11 is 0. The molecule has 0 aliphatic rings. The number of rotatable bonds is 5. The van der Waals surface area contributed by atoms with Gasteiger partial charge in [0.2, 0.25) is 0 Å². The lowest BCUT2D eigenvalue weighted by atomic mass is 9.98. The minimum atomic E-state index is -0.788. The number of benzene rings is 2. The summed E-state index contributed by atoms with van der Waals surface area (Å²) in [5.74, 6) is -0.301. The van der Waals surface area contributed by atoms with Crippen molar-refractivity contribution in [3.05, 3.63) is 71.5 Å². The number of methoxy groups -OCH3 is 1. The molecule has 100 valence electrons. The maximum atomic E-state index is 13.6. The summed E-state index contributed by atoms with van der Waals surface area (Å²) in [4.78, 5) is 0. The maximum Gasteiger partial charge on any atom is 0.126 e. The molecule has 0 heterocycles. The molecule has 2 aromatic carbocycles. The largest absolute Gasteiger partial charge is 0.390 e. The number of hydrogen-bond donors (Lipinski definition) is 1. The van der Waals surface area contributed by atoms with Gasteiger partial charge >= 0.3 is 0 Å². The normalized spacial score (nSPS) is 14.1. The number of halogens is 1. The molecule has 0 saturated heterocycles. The van der Waals surface area contributed by atoms with Crippen molar-refractivity contribution >= 4 is 0 Å². The number of aliphatic hydroxyl groups is 1. The van der Waals surface area contributed by atoms with E-state index in [0.29, 0.717) is 5.56 Å². The summed E-state index contributed by atoms with van der Waals surface area (Å²) in [7, 11) is 1.54. The molecule has 19 heavy (non-hydrogen) atoms. The van der Waals surface area contributed by atoms with Crippen LogP contribution in [0, 0.1) is 5.82 Å². The molecule has 2 unspecified atom stereocenters. The Kier molecular flexibility index (Phi) is 4.66. The molecule has 0 fully saturated rings. The first-order valence-corrected chi connectivity index (χ1v) is 6.21. The van der Waals surface area contributed by atoms with Crippen LogP contribution < -0.4 is 0 Å². The van der Waals surface area contributed by atoms with Gasteiger partial charge in [0.1, 0.15) is 11.9 Å². The molecule has 0 saturated carbocycles. The minimum Gasteiger partial charge on any atom is -0.390 e. The Hall–Kier alpha value is -1.71. The summed E-state index contributed by atoms with van der Waals surface area (Å²) in [5, 5.41) is 10.2. The predicted molar refractivity (Wildman–Crippen MR) is 72.3 cm³/mol. The fraction of sp³-hybridized carbons (Fsp3) is 0.250. The van der Waals surface area contributed by atoms with Crippen molar-refractivity contribution in [3.8, 4) is 0 Å². The molecule has 2 aromatic rings. The average Bonchev–Trinajstić information content (AvgIpc) is 2.43. The predicted octanol–water partition coefficient (Wildman–Crippen LogP) is 3.12. The van der Waals surface area contributed by atoms with Crippen molar-refractivity contribution in [2.24, 2.45) is 0 Å². The summed E-state index contributed by atoms with van der Waals surface area (Å²) < 4.78 is 18.9. The van der Waals surface area contributed by atoms with Crippen LogP contribution in [0.25, 0.3) is 0 Å². The van der Waals surface area contributed by atoms with Crippen molar-refractivity contribution in [1.29, 1.82) is 0 Å². The van der Waals surface area contributed by atoms with Gasteiger partial charge in [0.25, 0.3) is 0 Å². The topological polar surface area (TPSA) is 29.5 Å². The standard InChI is InChI=1S/C16H17FO2/c1-19-16(12-7-3-2-4-8-12)15(18)11-13-9-5-6-10-14(13)17/h2-10,15-16,18H,11H2,1H3. The lowest BCUT2D eigenvalue weighted by molar-refractivity contribution is -0.0131. The quantitative estimate of drug-likeness (QED) is 0.895. The first-order chi connectivity index (χ1) is 9.22. The third-order valence-corrected chi connectivity index (χ3v) is 3.12. The lowest BCUT2D eigenvalue weighted by Gasteiger charge is -2.22. The summed E-state index contributed by atoms with van der Waals surface area (Å²) in [5.41, 5.74) is 1.38. The minimum absolute atomic E-state index is 0.222. The van der Waals surface area contributed by atoms with Crippen molar-refractivity contribution in [3.63, 3.8) is 0 Å². The van der Waals surface area contributed by atoms with E-state index in [1.807, 2.05) is 30.3 Å². The smallest absolute Gasteiger partial charge is 0.126 e. The lowest BCUT2D eigenvalue weighted by Crippen LogP contribution is -2.23. The van der Waals surface area contributed by atoms with E-state index in [-0.39, 0.29) is 12.2 Å². The molecule has 0 aliphatic carbocycles. The zero-order valence-electron chi connectivity index (χ0n) is 10.8. The van der Waals surface area contributed by atoms with Gasteiger partial charge in [0.05, 0.1) is 6.10 Å². The summed E-state index contributed by atoms with van der Waals surface area (Å²) in [6, 6.07) is 15.9. The Balaban J connectivity index is 2.14. The van der Waals surface area contributed by atoms with Crippen LogP contribution in [0.2, 0.25) is 0 Å². The highest BCUT2D eigenvalue weighted by Crippen LogP contribution is 2.23. The Morgan fingerprint density at radius 2 is 1.68 bits per heavy atom. The van der Waals surface area contributed by atoms with Crippen LogP contribution in [0.4, 0.5) is 4.39 Å². The van der Waals surface area contributed by atoms with Gasteiger partial charge in [-0.3, -0.25) is 0 Å². The van der Waals surface area contributed by atoms with Crippen molar-refractivity contribution in [2.45, 2.75) is 18.6 Å². The van der Waals surface area contributed by atoms with Crippen LogP contribution in [-0.4, -0.2) is 18.3 Å². The molecule has 0 aliphatic heterocycles. The van der Waals surface area contributed by atoms with Crippen LogP contribution in [0.1, 0.15) is 17.2 Å².